The van der Waals surface area contributed by atoms with Crippen molar-refractivity contribution < 1.29 is 9.53 Å². The van der Waals surface area contributed by atoms with E-state index in [-0.39, 0.29) is 18.0 Å². The highest BCUT2D eigenvalue weighted by Gasteiger charge is 2.15. The van der Waals surface area contributed by atoms with Crippen molar-refractivity contribution in [2.45, 2.75) is 40.3 Å². The van der Waals surface area contributed by atoms with Crippen LogP contribution in [0.15, 0.2) is 29.1 Å². The Morgan fingerprint density at radius 2 is 2.04 bits per heavy atom. The van der Waals surface area contributed by atoms with Gasteiger partial charge in [0.1, 0.15) is 11.6 Å². The van der Waals surface area contributed by atoms with Gasteiger partial charge in [-0.3, -0.25) is 9.59 Å². The maximum absolute atomic E-state index is 12.1. The highest BCUT2D eigenvalue weighted by molar-refractivity contribution is 5.80. The van der Waals surface area contributed by atoms with Gasteiger partial charge in [0.15, 0.2) is 6.10 Å². The number of ether oxygens (including phenoxy) is 1. The Labute approximate surface area is 134 Å². The highest BCUT2D eigenvalue weighted by Crippen LogP contribution is 2.20. The maximum atomic E-state index is 12.1. The van der Waals surface area contributed by atoms with Crippen molar-refractivity contribution in [2.24, 2.45) is 0 Å². The van der Waals surface area contributed by atoms with Gasteiger partial charge in [-0.25, -0.2) is 4.98 Å². The van der Waals surface area contributed by atoms with Gasteiger partial charge < -0.3 is 15.0 Å². The second kappa shape index (κ2) is 7.09. The quantitative estimate of drug-likeness (QED) is 0.881. The van der Waals surface area contributed by atoms with Crippen molar-refractivity contribution >= 4 is 5.91 Å². The van der Waals surface area contributed by atoms with Crippen molar-refractivity contribution in [1.29, 1.82) is 0 Å². The van der Waals surface area contributed by atoms with Crippen LogP contribution in [-0.2, 0) is 11.3 Å². The van der Waals surface area contributed by atoms with Gasteiger partial charge in [0.2, 0.25) is 0 Å². The Morgan fingerprint density at radius 3 is 2.74 bits per heavy atom. The maximum Gasteiger partial charge on any atom is 0.261 e. The molecule has 23 heavy (non-hydrogen) atoms. The third kappa shape index (κ3) is 4.67. The standard InChI is InChI=1S/C17H21N3O3/c1-10-5-6-11(2)14(7-10)23-13(4)17(22)18-9-15-19-12(3)8-16(21)20-15/h5-8,13H,9H2,1-4H3,(H,18,22)(H,19,20,21). The molecule has 1 heterocycles. The van der Waals surface area contributed by atoms with Crippen LogP contribution in [0, 0.1) is 20.8 Å². The van der Waals surface area contributed by atoms with E-state index < -0.39 is 6.10 Å². The molecular weight excluding hydrogens is 294 g/mol. The van der Waals surface area contributed by atoms with E-state index in [2.05, 4.69) is 15.3 Å². The number of nitrogens with one attached hydrogen (secondary N) is 2. The van der Waals surface area contributed by atoms with Gasteiger partial charge in [-0.1, -0.05) is 12.1 Å². The smallest absolute Gasteiger partial charge is 0.261 e. The molecule has 0 spiro atoms. The van der Waals surface area contributed by atoms with Crippen LogP contribution in [0.25, 0.3) is 0 Å². The van der Waals surface area contributed by atoms with E-state index in [1.807, 2.05) is 32.0 Å². The number of H-pyrrole nitrogens is 1. The average molecular weight is 315 g/mol. The van der Waals surface area contributed by atoms with Crippen LogP contribution in [0.4, 0.5) is 0 Å². The lowest BCUT2D eigenvalue weighted by atomic mass is 10.1. The van der Waals surface area contributed by atoms with Gasteiger partial charge in [0.25, 0.3) is 11.5 Å². The summed E-state index contributed by atoms with van der Waals surface area (Å²) in [5, 5.41) is 2.71. The molecule has 6 nitrogen and oxygen atoms in total. The molecular formula is C17H21N3O3. The van der Waals surface area contributed by atoms with E-state index in [0.717, 1.165) is 11.1 Å². The first kappa shape index (κ1) is 16.7. The summed E-state index contributed by atoms with van der Waals surface area (Å²) in [7, 11) is 0. The van der Waals surface area contributed by atoms with E-state index in [0.29, 0.717) is 17.3 Å². The van der Waals surface area contributed by atoms with Crippen LogP contribution in [0.5, 0.6) is 5.75 Å². The predicted octanol–water partition coefficient (Wildman–Crippen LogP) is 1.78. The molecule has 0 aliphatic carbocycles. The van der Waals surface area contributed by atoms with Crippen molar-refractivity contribution in [1.82, 2.24) is 15.3 Å². The lowest BCUT2D eigenvalue weighted by molar-refractivity contribution is -0.127. The summed E-state index contributed by atoms with van der Waals surface area (Å²) >= 11 is 0. The molecule has 0 fully saturated rings. The minimum atomic E-state index is -0.646. The van der Waals surface area contributed by atoms with E-state index in [1.54, 1.807) is 13.8 Å². The fourth-order valence-corrected chi connectivity index (χ4v) is 2.12. The summed E-state index contributed by atoms with van der Waals surface area (Å²) in [6.45, 7) is 7.46. The number of hydrogen-bond donors (Lipinski definition) is 2. The number of nitrogens with zero attached hydrogens (tertiary/aromatic N) is 1. The van der Waals surface area contributed by atoms with Crippen LogP contribution in [0.1, 0.15) is 29.6 Å². The van der Waals surface area contributed by atoms with Gasteiger partial charge in [-0.2, -0.15) is 0 Å². The van der Waals surface area contributed by atoms with Crippen molar-refractivity contribution in [3.63, 3.8) is 0 Å². The number of hydrogen-bond acceptors (Lipinski definition) is 4. The molecule has 6 heteroatoms. The molecule has 1 atom stereocenters. The van der Waals surface area contributed by atoms with E-state index in [1.165, 1.54) is 6.07 Å². The number of carbonyl (C=O) groups excluding carboxylic acids is 1. The molecule has 1 unspecified atom stereocenters. The summed E-state index contributed by atoms with van der Waals surface area (Å²) in [4.78, 5) is 30.2. The molecule has 1 amide bonds. The summed E-state index contributed by atoms with van der Waals surface area (Å²) in [5.74, 6) is 0.840. The minimum Gasteiger partial charge on any atom is -0.481 e. The van der Waals surface area contributed by atoms with Gasteiger partial charge in [-0.05, 0) is 44.9 Å². The van der Waals surface area contributed by atoms with Gasteiger partial charge >= 0.3 is 0 Å². The van der Waals surface area contributed by atoms with Crippen LogP contribution >= 0.6 is 0 Å². The van der Waals surface area contributed by atoms with Crippen LogP contribution in [0.3, 0.4) is 0 Å². The lowest BCUT2D eigenvalue weighted by Gasteiger charge is -2.16. The third-order valence-corrected chi connectivity index (χ3v) is 3.37. The predicted molar refractivity (Wildman–Crippen MR) is 87.4 cm³/mol. The molecule has 1 aromatic carbocycles. The van der Waals surface area contributed by atoms with Crippen molar-refractivity contribution in [3.05, 3.63) is 57.3 Å². The summed E-state index contributed by atoms with van der Waals surface area (Å²) < 4.78 is 5.72. The van der Waals surface area contributed by atoms with Gasteiger partial charge in [0.05, 0.1) is 6.54 Å². The van der Waals surface area contributed by atoms with E-state index in [4.69, 9.17) is 4.74 Å². The second-order valence-corrected chi connectivity index (χ2v) is 5.58. The van der Waals surface area contributed by atoms with Crippen LogP contribution in [0.2, 0.25) is 0 Å². The molecule has 0 bridgehead atoms. The Kier molecular flexibility index (Phi) is 5.16. The fraction of sp³-hybridized carbons (Fsp3) is 0.353. The van der Waals surface area contributed by atoms with E-state index >= 15 is 0 Å². The van der Waals surface area contributed by atoms with Crippen LogP contribution < -0.4 is 15.6 Å². The number of rotatable bonds is 5. The van der Waals surface area contributed by atoms with Crippen molar-refractivity contribution in [3.8, 4) is 5.75 Å². The number of aromatic nitrogens is 2. The lowest BCUT2D eigenvalue weighted by Crippen LogP contribution is -2.36. The molecule has 0 radical (unpaired) electrons. The molecule has 122 valence electrons. The Hall–Kier alpha value is -2.63. The fourth-order valence-electron chi connectivity index (χ4n) is 2.12. The monoisotopic (exact) mass is 315 g/mol. The third-order valence-electron chi connectivity index (χ3n) is 3.37. The number of amides is 1. The Balaban J connectivity index is 1.97. The Morgan fingerprint density at radius 1 is 1.30 bits per heavy atom. The molecule has 0 saturated heterocycles. The minimum absolute atomic E-state index is 0.149. The summed E-state index contributed by atoms with van der Waals surface area (Å²) in [5.41, 5.74) is 2.42. The second-order valence-electron chi connectivity index (χ2n) is 5.58. The SMILES string of the molecule is Cc1ccc(C)c(OC(C)C(=O)NCc2nc(C)cc(=O)[nH]2)c1. The molecule has 2 N–H and O–H groups in total. The van der Waals surface area contributed by atoms with E-state index in [9.17, 15) is 9.59 Å². The van der Waals surface area contributed by atoms with Crippen LogP contribution in [-0.4, -0.2) is 22.0 Å². The topological polar surface area (TPSA) is 84.1 Å². The first-order valence-electron chi connectivity index (χ1n) is 7.43. The largest absolute Gasteiger partial charge is 0.481 e. The molecule has 0 aliphatic rings. The average Bonchev–Trinajstić information content (AvgIpc) is 2.47. The highest BCUT2D eigenvalue weighted by atomic mass is 16.5. The molecule has 2 aromatic rings. The summed E-state index contributed by atoms with van der Waals surface area (Å²) in [6.07, 6.45) is -0.646. The first-order valence-corrected chi connectivity index (χ1v) is 7.43. The number of aryl methyl sites for hydroxylation is 3. The molecule has 1 aromatic heterocycles. The normalized spacial score (nSPS) is 11.8. The zero-order valence-corrected chi connectivity index (χ0v) is 13.8. The number of benzene rings is 1. The number of carbonyl (C=O) groups is 1. The molecule has 0 saturated carbocycles. The first-order chi connectivity index (χ1) is 10.8. The molecule has 2 rings (SSSR count). The zero-order chi connectivity index (χ0) is 17.0. The zero-order valence-electron chi connectivity index (χ0n) is 13.8. The summed E-state index contributed by atoms with van der Waals surface area (Å²) in [6, 6.07) is 7.25. The Bertz CT molecular complexity index is 768. The number of aromatic amines is 1. The van der Waals surface area contributed by atoms with Gasteiger partial charge in [-0.15, -0.1) is 0 Å². The van der Waals surface area contributed by atoms with Gasteiger partial charge in [0, 0.05) is 11.8 Å². The van der Waals surface area contributed by atoms with Crippen molar-refractivity contribution in [2.75, 3.05) is 0 Å². The molecule has 0 aliphatic heterocycles.